The minimum absolute atomic E-state index is 0.418. The Kier molecular flexibility index (Phi) is 8.73. The molecular formula is C37H37N4O2+. The molecule has 1 aromatic heterocycles. The van der Waals surface area contributed by atoms with E-state index in [1.54, 1.807) is 0 Å². The molecule has 0 saturated heterocycles. The van der Waals surface area contributed by atoms with Crippen LogP contribution in [0.1, 0.15) is 54.3 Å². The summed E-state index contributed by atoms with van der Waals surface area (Å²) < 4.78 is 9.98. The summed E-state index contributed by atoms with van der Waals surface area (Å²) in [7, 11) is 0. The SMILES string of the molecule is CC(C)(C)OC(=O)NCCc1c[n+](C(c2ccccc2)(c2ccccc2)c2ccccc2)cn1Cc1ccc(C#N)cc1. The van der Waals surface area contributed by atoms with Gasteiger partial charge in [-0.2, -0.15) is 5.26 Å². The fourth-order valence-electron chi connectivity index (χ4n) is 5.50. The van der Waals surface area contributed by atoms with Gasteiger partial charge in [0.2, 0.25) is 6.33 Å². The van der Waals surface area contributed by atoms with E-state index in [1.807, 2.05) is 63.2 Å². The Balaban J connectivity index is 1.64. The number of aromatic nitrogens is 2. The predicted octanol–water partition coefficient (Wildman–Crippen LogP) is 6.60. The zero-order chi connectivity index (χ0) is 30.3. The number of rotatable bonds is 9. The molecule has 0 saturated carbocycles. The van der Waals surface area contributed by atoms with E-state index < -0.39 is 17.2 Å². The van der Waals surface area contributed by atoms with Crippen LogP contribution in [-0.2, 0) is 23.2 Å². The van der Waals surface area contributed by atoms with Crippen LogP contribution in [0.2, 0.25) is 0 Å². The van der Waals surface area contributed by atoms with E-state index in [1.165, 1.54) is 0 Å². The second kappa shape index (κ2) is 12.8. The molecule has 1 amide bonds. The lowest BCUT2D eigenvalue weighted by Gasteiger charge is -2.32. The molecule has 5 rings (SSSR count). The lowest BCUT2D eigenvalue weighted by atomic mass is 9.77. The van der Waals surface area contributed by atoms with Gasteiger partial charge in [0.1, 0.15) is 24.0 Å². The average Bonchev–Trinajstić information content (AvgIpc) is 3.41. The number of nitriles is 1. The van der Waals surface area contributed by atoms with Crippen molar-refractivity contribution in [3.8, 4) is 6.07 Å². The van der Waals surface area contributed by atoms with Crippen molar-refractivity contribution in [3.63, 3.8) is 0 Å². The first-order valence-corrected chi connectivity index (χ1v) is 14.5. The number of hydrogen-bond donors (Lipinski definition) is 1. The molecule has 0 fully saturated rings. The van der Waals surface area contributed by atoms with Gasteiger partial charge in [-0.25, -0.2) is 13.9 Å². The minimum Gasteiger partial charge on any atom is -0.444 e. The van der Waals surface area contributed by atoms with E-state index in [9.17, 15) is 10.1 Å². The van der Waals surface area contributed by atoms with Gasteiger partial charge in [0.15, 0.2) is 5.54 Å². The van der Waals surface area contributed by atoms with Gasteiger partial charge in [0, 0.05) is 29.7 Å². The van der Waals surface area contributed by atoms with Crippen LogP contribution in [0.4, 0.5) is 4.79 Å². The smallest absolute Gasteiger partial charge is 0.407 e. The Morgan fingerprint density at radius 2 is 1.33 bits per heavy atom. The van der Waals surface area contributed by atoms with Gasteiger partial charge in [-0.1, -0.05) is 103 Å². The fourth-order valence-corrected chi connectivity index (χ4v) is 5.50. The second-order valence-corrected chi connectivity index (χ2v) is 11.6. The Labute approximate surface area is 253 Å². The van der Waals surface area contributed by atoms with Crippen LogP contribution in [0, 0.1) is 11.3 Å². The molecule has 0 radical (unpaired) electrons. The number of imidazole rings is 1. The van der Waals surface area contributed by atoms with Gasteiger partial charge in [-0.15, -0.1) is 0 Å². The summed E-state index contributed by atoms with van der Waals surface area (Å²) in [4.78, 5) is 12.4. The summed E-state index contributed by atoms with van der Waals surface area (Å²) in [6.07, 6.45) is 4.51. The van der Waals surface area contributed by atoms with E-state index >= 15 is 0 Å². The molecule has 6 nitrogen and oxygen atoms in total. The van der Waals surface area contributed by atoms with Crippen molar-refractivity contribution in [1.29, 1.82) is 5.26 Å². The van der Waals surface area contributed by atoms with E-state index in [-0.39, 0.29) is 0 Å². The first kappa shape index (κ1) is 29.3. The normalized spacial score (nSPS) is 11.5. The van der Waals surface area contributed by atoms with E-state index in [4.69, 9.17) is 4.74 Å². The van der Waals surface area contributed by atoms with Crippen molar-refractivity contribution >= 4 is 6.09 Å². The zero-order valence-electron chi connectivity index (χ0n) is 24.9. The first-order valence-electron chi connectivity index (χ1n) is 14.5. The third kappa shape index (κ3) is 6.68. The van der Waals surface area contributed by atoms with Gasteiger partial charge in [0.05, 0.1) is 11.6 Å². The van der Waals surface area contributed by atoms with Crippen LogP contribution in [0.25, 0.3) is 0 Å². The number of carbonyl (C=O) groups is 1. The number of amides is 1. The molecule has 1 N–H and O–H groups in total. The molecule has 0 bridgehead atoms. The van der Waals surface area contributed by atoms with Crippen molar-refractivity contribution in [2.24, 2.45) is 0 Å². The van der Waals surface area contributed by atoms with Crippen molar-refractivity contribution in [1.82, 2.24) is 9.88 Å². The van der Waals surface area contributed by atoms with Crippen molar-refractivity contribution in [2.45, 2.75) is 44.9 Å². The molecule has 0 atom stereocenters. The van der Waals surface area contributed by atoms with Gasteiger partial charge in [0.25, 0.3) is 0 Å². The van der Waals surface area contributed by atoms with Gasteiger partial charge < -0.3 is 10.1 Å². The number of hydrogen-bond acceptors (Lipinski definition) is 3. The van der Waals surface area contributed by atoms with E-state index in [0.717, 1.165) is 27.9 Å². The van der Waals surface area contributed by atoms with Crippen LogP contribution in [0.3, 0.4) is 0 Å². The maximum Gasteiger partial charge on any atom is 0.407 e. The Bertz CT molecular complexity index is 1580. The van der Waals surface area contributed by atoms with Crippen LogP contribution in [0.15, 0.2) is 128 Å². The predicted molar refractivity (Wildman–Crippen MR) is 167 cm³/mol. The summed E-state index contributed by atoms with van der Waals surface area (Å²) in [6, 6.07) is 41.5. The lowest BCUT2D eigenvalue weighted by Crippen LogP contribution is -2.57. The number of ether oxygens (including phenoxy) is 1. The standard InChI is InChI=1S/C37H36N4O2/c1-36(2,3)43-35(42)39-24-23-34-27-41(28-40(34)26-30-21-19-29(25-38)20-22-30)37(31-13-7-4-8-14-31,32-15-9-5-10-16-32)33-17-11-6-12-18-33/h4-22,27-28H,23-24,26H2,1-3H3/p+1. The maximum atomic E-state index is 12.4. The summed E-state index contributed by atoms with van der Waals surface area (Å²) in [5, 5.41) is 12.2. The molecule has 0 aliphatic heterocycles. The quantitative estimate of drug-likeness (QED) is 0.161. The zero-order valence-corrected chi connectivity index (χ0v) is 24.9. The molecule has 0 spiro atoms. The Morgan fingerprint density at radius 3 is 1.79 bits per heavy atom. The number of carbonyl (C=O) groups excluding carboxylic acids is 1. The molecule has 1 heterocycles. The average molecular weight is 570 g/mol. The highest BCUT2D eigenvalue weighted by Gasteiger charge is 2.43. The minimum atomic E-state index is -0.660. The van der Waals surface area contributed by atoms with E-state index in [2.05, 4.69) is 106 Å². The summed E-state index contributed by atoms with van der Waals surface area (Å²) >= 11 is 0. The first-order chi connectivity index (χ1) is 20.8. The van der Waals surface area contributed by atoms with Crippen LogP contribution in [0.5, 0.6) is 0 Å². The van der Waals surface area contributed by atoms with Crippen LogP contribution >= 0.6 is 0 Å². The Hall–Kier alpha value is -5.15. The number of alkyl carbamates (subject to hydrolysis) is 1. The Morgan fingerprint density at radius 1 is 0.814 bits per heavy atom. The fraction of sp³-hybridized carbons (Fsp3) is 0.216. The number of nitrogens with zero attached hydrogens (tertiary/aromatic N) is 3. The lowest BCUT2D eigenvalue weighted by molar-refractivity contribution is -0.734. The molecule has 5 aromatic rings. The monoisotopic (exact) mass is 569 g/mol. The number of nitrogens with one attached hydrogen (secondary N) is 1. The van der Waals surface area contributed by atoms with Crippen molar-refractivity contribution in [3.05, 3.63) is 161 Å². The van der Waals surface area contributed by atoms with Gasteiger partial charge in [-0.05, 0) is 38.5 Å². The van der Waals surface area contributed by atoms with Crippen molar-refractivity contribution < 1.29 is 14.1 Å². The third-order valence-corrected chi connectivity index (χ3v) is 7.37. The van der Waals surface area contributed by atoms with Crippen LogP contribution in [-0.4, -0.2) is 22.8 Å². The molecule has 216 valence electrons. The van der Waals surface area contributed by atoms with Gasteiger partial charge >= 0.3 is 6.09 Å². The molecule has 6 heteroatoms. The molecule has 0 aliphatic rings. The summed E-state index contributed by atoms with van der Waals surface area (Å²) in [5.74, 6) is 0. The molecule has 43 heavy (non-hydrogen) atoms. The molecular weight excluding hydrogens is 532 g/mol. The highest BCUT2D eigenvalue weighted by Crippen LogP contribution is 2.36. The molecule has 4 aromatic carbocycles. The maximum absolute atomic E-state index is 12.4. The van der Waals surface area contributed by atoms with Gasteiger partial charge in [-0.3, -0.25) is 0 Å². The van der Waals surface area contributed by atoms with E-state index in [0.29, 0.717) is 25.1 Å². The molecule has 0 aliphatic carbocycles. The second-order valence-electron chi connectivity index (χ2n) is 11.6. The largest absolute Gasteiger partial charge is 0.444 e. The third-order valence-electron chi connectivity index (χ3n) is 7.37. The summed E-state index contributed by atoms with van der Waals surface area (Å²) in [5.41, 5.74) is 4.92. The topological polar surface area (TPSA) is 70.9 Å². The van der Waals surface area contributed by atoms with Crippen molar-refractivity contribution in [2.75, 3.05) is 6.54 Å². The highest BCUT2D eigenvalue weighted by molar-refractivity contribution is 5.67. The van der Waals surface area contributed by atoms with Crippen LogP contribution < -0.4 is 9.88 Å². The number of benzene rings is 4. The highest BCUT2D eigenvalue weighted by atomic mass is 16.6. The molecule has 0 unspecified atom stereocenters. The summed E-state index contributed by atoms with van der Waals surface area (Å²) in [6.45, 7) is 6.59.